The summed E-state index contributed by atoms with van der Waals surface area (Å²) in [6, 6.07) is 15.2. The lowest BCUT2D eigenvalue weighted by atomic mass is 10.2. The summed E-state index contributed by atoms with van der Waals surface area (Å²) in [6.45, 7) is 3.80. The Kier molecular flexibility index (Phi) is 7.66. The highest BCUT2D eigenvalue weighted by Gasteiger charge is 2.30. The van der Waals surface area contributed by atoms with Crippen molar-refractivity contribution in [2.24, 2.45) is 5.92 Å². The molecule has 0 spiro atoms. The SMILES string of the molecule is COc1ccccc1P(c1ccccc1CO)c1cscc1S(=O)(=O)OCC(C)C. The summed E-state index contributed by atoms with van der Waals surface area (Å²) >= 11 is 1.33. The number of aliphatic hydroxyl groups excluding tert-OH is 1. The van der Waals surface area contributed by atoms with E-state index in [1.54, 1.807) is 12.5 Å². The van der Waals surface area contributed by atoms with E-state index >= 15 is 0 Å². The topological polar surface area (TPSA) is 72.8 Å². The lowest BCUT2D eigenvalue weighted by molar-refractivity contribution is 0.275. The molecule has 8 heteroatoms. The number of benzene rings is 2. The zero-order valence-corrected chi connectivity index (χ0v) is 19.6. The van der Waals surface area contributed by atoms with Crippen molar-refractivity contribution < 1.29 is 22.4 Å². The molecule has 0 aliphatic heterocycles. The Morgan fingerprint density at radius 3 is 2.33 bits per heavy atom. The molecule has 1 atom stereocenters. The van der Waals surface area contributed by atoms with Gasteiger partial charge in [-0.1, -0.05) is 56.3 Å². The first-order valence-electron chi connectivity index (χ1n) is 9.46. The van der Waals surface area contributed by atoms with Crippen molar-refractivity contribution in [2.75, 3.05) is 13.7 Å². The summed E-state index contributed by atoms with van der Waals surface area (Å²) in [5, 5.41) is 15.9. The van der Waals surface area contributed by atoms with Gasteiger partial charge in [0, 0.05) is 21.4 Å². The Labute approximate surface area is 183 Å². The summed E-state index contributed by atoms with van der Waals surface area (Å²) in [5.74, 6) is 0.765. The molecule has 0 saturated carbocycles. The summed E-state index contributed by atoms with van der Waals surface area (Å²) in [6.07, 6.45) is 0. The minimum atomic E-state index is -3.92. The first kappa shape index (κ1) is 22.9. The van der Waals surface area contributed by atoms with E-state index in [0.29, 0.717) is 11.1 Å². The molecule has 0 radical (unpaired) electrons. The minimum absolute atomic E-state index is 0.0905. The molecule has 2 aromatic carbocycles. The molecular weight excluding hydrogens is 439 g/mol. The van der Waals surface area contributed by atoms with Gasteiger partial charge in [-0.25, -0.2) is 0 Å². The molecule has 0 saturated heterocycles. The van der Waals surface area contributed by atoms with Crippen LogP contribution in [0, 0.1) is 5.92 Å². The van der Waals surface area contributed by atoms with E-state index in [1.807, 2.05) is 67.8 Å². The zero-order chi connectivity index (χ0) is 21.7. The van der Waals surface area contributed by atoms with Gasteiger partial charge in [0.15, 0.2) is 0 Å². The van der Waals surface area contributed by atoms with Crippen molar-refractivity contribution in [3.05, 3.63) is 64.9 Å². The molecular formula is C22H25O5PS2. The molecule has 0 aliphatic rings. The second-order valence-electron chi connectivity index (χ2n) is 7.05. The maximum Gasteiger partial charge on any atom is 0.298 e. The molecule has 160 valence electrons. The van der Waals surface area contributed by atoms with Gasteiger partial charge in [-0.05, 0) is 30.8 Å². The van der Waals surface area contributed by atoms with E-state index < -0.39 is 18.0 Å². The third-order valence-corrected chi connectivity index (χ3v) is 9.57. The number of aliphatic hydroxyl groups is 1. The van der Waals surface area contributed by atoms with E-state index in [9.17, 15) is 13.5 Å². The lowest BCUT2D eigenvalue weighted by Gasteiger charge is -2.23. The largest absolute Gasteiger partial charge is 0.496 e. The van der Waals surface area contributed by atoms with Crippen molar-refractivity contribution in [3.63, 3.8) is 0 Å². The van der Waals surface area contributed by atoms with Crippen LogP contribution in [0.2, 0.25) is 0 Å². The Morgan fingerprint density at radius 1 is 1.00 bits per heavy atom. The fraction of sp³-hybridized carbons (Fsp3) is 0.273. The van der Waals surface area contributed by atoms with Crippen molar-refractivity contribution in [1.29, 1.82) is 0 Å². The van der Waals surface area contributed by atoms with E-state index in [4.69, 9.17) is 8.92 Å². The highest BCUT2D eigenvalue weighted by atomic mass is 32.2. The smallest absolute Gasteiger partial charge is 0.298 e. The van der Waals surface area contributed by atoms with Crippen LogP contribution in [0.3, 0.4) is 0 Å². The Balaban J connectivity index is 2.22. The van der Waals surface area contributed by atoms with E-state index in [-0.39, 0.29) is 24.0 Å². The van der Waals surface area contributed by atoms with Crippen LogP contribution in [-0.4, -0.2) is 27.2 Å². The van der Waals surface area contributed by atoms with Gasteiger partial charge in [-0.3, -0.25) is 4.18 Å². The minimum Gasteiger partial charge on any atom is -0.496 e. The predicted octanol–water partition coefficient (Wildman–Crippen LogP) is 3.37. The number of hydrogen-bond acceptors (Lipinski definition) is 6. The monoisotopic (exact) mass is 464 g/mol. The fourth-order valence-electron chi connectivity index (χ4n) is 2.98. The number of ether oxygens (including phenoxy) is 1. The van der Waals surface area contributed by atoms with Gasteiger partial charge in [0.2, 0.25) is 0 Å². The number of hydrogen-bond donors (Lipinski definition) is 1. The zero-order valence-electron chi connectivity index (χ0n) is 17.1. The molecule has 3 aromatic rings. The van der Waals surface area contributed by atoms with Crippen LogP contribution in [0.25, 0.3) is 0 Å². The molecule has 0 bridgehead atoms. The molecule has 0 fully saturated rings. The van der Waals surface area contributed by atoms with E-state index in [0.717, 1.165) is 16.2 Å². The normalized spacial score (nSPS) is 12.8. The van der Waals surface area contributed by atoms with Gasteiger partial charge in [-0.15, -0.1) is 0 Å². The number of rotatable bonds is 9. The first-order chi connectivity index (χ1) is 14.4. The first-order valence-corrected chi connectivity index (χ1v) is 13.2. The molecule has 1 N–H and O–H groups in total. The van der Waals surface area contributed by atoms with Gasteiger partial charge in [0.1, 0.15) is 10.6 Å². The van der Waals surface area contributed by atoms with Crippen LogP contribution in [0.4, 0.5) is 0 Å². The molecule has 3 rings (SSSR count). The molecule has 1 aromatic heterocycles. The Morgan fingerprint density at radius 2 is 1.67 bits per heavy atom. The molecule has 1 unspecified atom stereocenters. The second kappa shape index (κ2) is 10.0. The molecule has 0 amide bonds. The summed E-state index contributed by atoms with van der Waals surface area (Å²) in [4.78, 5) is 0.179. The predicted molar refractivity (Wildman–Crippen MR) is 123 cm³/mol. The van der Waals surface area contributed by atoms with Crippen LogP contribution in [0.15, 0.2) is 64.2 Å². The molecule has 1 heterocycles. The third-order valence-electron chi connectivity index (χ3n) is 4.40. The van der Waals surface area contributed by atoms with Gasteiger partial charge in [0.05, 0.1) is 20.3 Å². The van der Waals surface area contributed by atoms with E-state index in [1.165, 1.54) is 11.3 Å². The maximum absolute atomic E-state index is 13.0. The molecule has 30 heavy (non-hydrogen) atoms. The summed E-state index contributed by atoms with van der Waals surface area (Å²) in [7, 11) is -3.63. The second-order valence-corrected chi connectivity index (χ2v) is 11.5. The Hall–Kier alpha value is -1.76. The quantitative estimate of drug-likeness (QED) is 0.388. The summed E-state index contributed by atoms with van der Waals surface area (Å²) in [5.41, 5.74) is 0.757. The van der Waals surface area contributed by atoms with Crippen LogP contribution in [0.5, 0.6) is 5.75 Å². The van der Waals surface area contributed by atoms with Gasteiger partial charge in [0.25, 0.3) is 10.1 Å². The maximum atomic E-state index is 13.0. The molecule has 0 aliphatic carbocycles. The number of thiophene rings is 1. The molecule has 5 nitrogen and oxygen atoms in total. The van der Waals surface area contributed by atoms with Crippen molar-refractivity contribution in [3.8, 4) is 5.75 Å². The van der Waals surface area contributed by atoms with Crippen LogP contribution >= 0.6 is 19.3 Å². The standard InChI is InChI=1S/C22H25O5PS2/c1-16(2)13-27-30(24,25)22-15-29-14-21(22)28(19-10-6-4-8-17(19)12-23)20-11-7-5-9-18(20)26-3/h4-11,14-16,23H,12-13H2,1-3H3. The lowest BCUT2D eigenvalue weighted by Crippen LogP contribution is -2.27. The number of methoxy groups -OCH3 is 1. The van der Waals surface area contributed by atoms with Gasteiger partial charge >= 0.3 is 0 Å². The van der Waals surface area contributed by atoms with Crippen molar-refractivity contribution in [2.45, 2.75) is 25.3 Å². The third kappa shape index (κ3) is 4.93. The fourth-order valence-corrected chi connectivity index (χ4v) is 8.82. The van der Waals surface area contributed by atoms with Crippen molar-refractivity contribution in [1.82, 2.24) is 0 Å². The van der Waals surface area contributed by atoms with E-state index in [2.05, 4.69) is 0 Å². The van der Waals surface area contributed by atoms with Gasteiger partial charge in [-0.2, -0.15) is 19.8 Å². The number of para-hydroxylation sites is 1. The highest BCUT2D eigenvalue weighted by Crippen LogP contribution is 2.41. The van der Waals surface area contributed by atoms with Crippen molar-refractivity contribution >= 4 is 45.3 Å². The van der Waals surface area contributed by atoms with Crippen LogP contribution in [-0.2, 0) is 20.9 Å². The van der Waals surface area contributed by atoms with Crippen LogP contribution < -0.4 is 20.7 Å². The summed E-state index contributed by atoms with van der Waals surface area (Å²) < 4.78 is 36.9. The van der Waals surface area contributed by atoms with Crippen LogP contribution in [0.1, 0.15) is 19.4 Å². The average Bonchev–Trinajstić information content (AvgIpc) is 3.24. The average molecular weight is 465 g/mol. The Bertz CT molecular complexity index is 1040. The van der Waals surface area contributed by atoms with Gasteiger partial charge < -0.3 is 9.84 Å². The highest BCUT2D eigenvalue weighted by molar-refractivity contribution is 7.89.